The van der Waals surface area contributed by atoms with Crippen LogP contribution in [0.4, 0.5) is 0 Å². The number of nitrogens with zero attached hydrogens (tertiary/aromatic N) is 2. The van der Waals surface area contributed by atoms with Crippen LogP contribution in [0, 0.1) is 16.7 Å². The van der Waals surface area contributed by atoms with Crippen molar-refractivity contribution in [3.63, 3.8) is 0 Å². The molecule has 0 bridgehead atoms. The quantitative estimate of drug-likeness (QED) is 0.669. The lowest BCUT2D eigenvalue weighted by molar-refractivity contribution is 0.253. The van der Waals surface area contributed by atoms with Crippen LogP contribution in [-0.4, -0.2) is 24.5 Å². The highest BCUT2D eigenvalue weighted by atomic mass is 15.1. The molecule has 0 unspecified atom stereocenters. The summed E-state index contributed by atoms with van der Waals surface area (Å²) in [5.74, 6) is 0. The molecule has 0 saturated carbocycles. The third-order valence-electron chi connectivity index (χ3n) is 3.76. The van der Waals surface area contributed by atoms with Gasteiger partial charge in [-0.25, -0.2) is 0 Å². The van der Waals surface area contributed by atoms with Crippen LogP contribution in [0.25, 0.3) is 0 Å². The van der Waals surface area contributed by atoms with Gasteiger partial charge >= 0.3 is 0 Å². The monoisotopic (exact) mass is 287 g/mol. The number of rotatable bonds is 10. The summed E-state index contributed by atoms with van der Waals surface area (Å²) >= 11 is 0. The minimum absolute atomic E-state index is 0.193. The van der Waals surface area contributed by atoms with Gasteiger partial charge in [0.15, 0.2) is 0 Å². The zero-order valence-electron chi connectivity index (χ0n) is 13.5. The smallest absolute Gasteiger partial charge is 0.0683 e. The first-order valence-electron chi connectivity index (χ1n) is 7.95. The summed E-state index contributed by atoms with van der Waals surface area (Å²) in [6.07, 6.45) is 4.26. The number of unbranched alkanes of at least 4 members (excludes halogenated alkanes) is 1. The molecule has 0 radical (unpaired) electrons. The van der Waals surface area contributed by atoms with Gasteiger partial charge in [0.1, 0.15) is 0 Å². The van der Waals surface area contributed by atoms with Gasteiger partial charge in [0.2, 0.25) is 0 Å². The van der Waals surface area contributed by atoms with E-state index in [2.05, 4.69) is 41.3 Å². The molecular weight excluding hydrogens is 258 g/mol. The number of nitriles is 1. The van der Waals surface area contributed by atoms with Crippen molar-refractivity contribution in [3.05, 3.63) is 35.9 Å². The van der Waals surface area contributed by atoms with E-state index in [1.54, 1.807) is 0 Å². The molecule has 0 aromatic heterocycles. The SMILES string of the molecule is CC(C)(C#N)CCCCN(CCCN)Cc1ccccc1. The van der Waals surface area contributed by atoms with E-state index in [4.69, 9.17) is 11.0 Å². The van der Waals surface area contributed by atoms with E-state index >= 15 is 0 Å². The summed E-state index contributed by atoms with van der Waals surface area (Å²) in [5.41, 5.74) is 6.80. The zero-order chi connectivity index (χ0) is 15.6. The molecule has 0 fully saturated rings. The van der Waals surface area contributed by atoms with Crippen molar-refractivity contribution < 1.29 is 0 Å². The van der Waals surface area contributed by atoms with Crippen LogP contribution in [0.15, 0.2) is 30.3 Å². The van der Waals surface area contributed by atoms with Crippen molar-refractivity contribution >= 4 is 0 Å². The fraction of sp³-hybridized carbons (Fsp3) is 0.611. The normalized spacial score (nSPS) is 11.6. The minimum Gasteiger partial charge on any atom is -0.330 e. The molecule has 116 valence electrons. The molecule has 2 N–H and O–H groups in total. The molecule has 0 heterocycles. The zero-order valence-corrected chi connectivity index (χ0v) is 13.5. The molecule has 1 aromatic rings. The maximum Gasteiger partial charge on any atom is 0.0683 e. The maximum absolute atomic E-state index is 9.04. The minimum atomic E-state index is -0.193. The number of hydrogen-bond acceptors (Lipinski definition) is 3. The second-order valence-electron chi connectivity index (χ2n) is 6.36. The van der Waals surface area contributed by atoms with Crippen LogP contribution >= 0.6 is 0 Å². The Kier molecular flexibility index (Phi) is 8.04. The van der Waals surface area contributed by atoms with Gasteiger partial charge in [-0.3, -0.25) is 4.90 Å². The van der Waals surface area contributed by atoms with Gasteiger partial charge in [-0.1, -0.05) is 36.8 Å². The lowest BCUT2D eigenvalue weighted by atomic mass is 9.89. The summed E-state index contributed by atoms with van der Waals surface area (Å²) < 4.78 is 0. The van der Waals surface area contributed by atoms with Gasteiger partial charge in [-0.05, 0) is 58.3 Å². The standard InChI is InChI=1S/C18H29N3/c1-18(2,16-20)11-6-7-13-21(14-8-12-19)15-17-9-4-3-5-10-17/h3-5,9-10H,6-8,11-15,19H2,1-2H3. The van der Waals surface area contributed by atoms with Crippen LogP contribution in [0.5, 0.6) is 0 Å². The van der Waals surface area contributed by atoms with Crippen LogP contribution in [0.1, 0.15) is 45.1 Å². The van der Waals surface area contributed by atoms with Crippen molar-refractivity contribution in [2.24, 2.45) is 11.1 Å². The molecule has 3 heteroatoms. The van der Waals surface area contributed by atoms with Gasteiger partial charge in [-0.15, -0.1) is 0 Å². The second kappa shape index (κ2) is 9.55. The van der Waals surface area contributed by atoms with E-state index in [1.807, 2.05) is 13.8 Å². The van der Waals surface area contributed by atoms with Crippen molar-refractivity contribution in [2.45, 2.75) is 46.1 Å². The average molecular weight is 287 g/mol. The van der Waals surface area contributed by atoms with Crippen LogP contribution in [0.2, 0.25) is 0 Å². The Morgan fingerprint density at radius 2 is 1.76 bits per heavy atom. The van der Waals surface area contributed by atoms with Crippen molar-refractivity contribution in [1.29, 1.82) is 5.26 Å². The molecule has 1 rings (SSSR count). The first-order valence-corrected chi connectivity index (χ1v) is 7.95. The molecular formula is C18H29N3. The molecule has 3 nitrogen and oxygen atoms in total. The lowest BCUT2D eigenvalue weighted by Gasteiger charge is -2.23. The van der Waals surface area contributed by atoms with Gasteiger partial charge in [-0.2, -0.15) is 5.26 Å². The van der Waals surface area contributed by atoms with E-state index in [-0.39, 0.29) is 5.41 Å². The highest BCUT2D eigenvalue weighted by Crippen LogP contribution is 2.21. The predicted molar refractivity (Wildman–Crippen MR) is 88.6 cm³/mol. The van der Waals surface area contributed by atoms with Crippen molar-refractivity contribution in [2.75, 3.05) is 19.6 Å². The fourth-order valence-corrected chi connectivity index (χ4v) is 2.38. The Morgan fingerprint density at radius 1 is 1.10 bits per heavy atom. The third kappa shape index (κ3) is 7.84. The summed E-state index contributed by atoms with van der Waals surface area (Å²) in [6, 6.07) is 13.0. The summed E-state index contributed by atoms with van der Waals surface area (Å²) in [7, 11) is 0. The Morgan fingerprint density at radius 3 is 2.38 bits per heavy atom. The van der Waals surface area contributed by atoms with Crippen molar-refractivity contribution in [1.82, 2.24) is 4.90 Å². The number of benzene rings is 1. The highest BCUT2D eigenvalue weighted by Gasteiger charge is 2.15. The predicted octanol–water partition coefficient (Wildman–Crippen LogP) is 3.56. The first-order chi connectivity index (χ1) is 10.1. The Balaban J connectivity index is 2.38. The largest absolute Gasteiger partial charge is 0.330 e. The summed E-state index contributed by atoms with van der Waals surface area (Å²) in [6.45, 7) is 7.89. The highest BCUT2D eigenvalue weighted by molar-refractivity contribution is 5.14. The summed E-state index contributed by atoms with van der Waals surface area (Å²) in [5, 5.41) is 9.04. The Bertz CT molecular complexity index is 420. The average Bonchev–Trinajstić information content (AvgIpc) is 2.50. The molecule has 0 aliphatic carbocycles. The van der Waals surface area contributed by atoms with E-state index in [1.165, 1.54) is 5.56 Å². The molecule has 0 aliphatic rings. The molecule has 21 heavy (non-hydrogen) atoms. The van der Waals surface area contributed by atoms with E-state index in [0.29, 0.717) is 0 Å². The van der Waals surface area contributed by atoms with Crippen LogP contribution in [-0.2, 0) is 6.54 Å². The lowest BCUT2D eigenvalue weighted by Crippen LogP contribution is -2.27. The first kappa shape index (κ1) is 17.7. The molecule has 0 saturated heterocycles. The van der Waals surface area contributed by atoms with Crippen LogP contribution < -0.4 is 5.73 Å². The van der Waals surface area contributed by atoms with Gasteiger partial charge < -0.3 is 5.73 Å². The van der Waals surface area contributed by atoms with Crippen molar-refractivity contribution in [3.8, 4) is 6.07 Å². The number of nitrogens with two attached hydrogens (primary N) is 1. The third-order valence-corrected chi connectivity index (χ3v) is 3.76. The van der Waals surface area contributed by atoms with Gasteiger partial charge in [0.05, 0.1) is 11.5 Å². The number of hydrogen-bond donors (Lipinski definition) is 1. The Hall–Kier alpha value is -1.37. The van der Waals surface area contributed by atoms with E-state index in [9.17, 15) is 0 Å². The van der Waals surface area contributed by atoms with Gasteiger partial charge in [0.25, 0.3) is 0 Å². The summed E-state index contributed by atoms with van der Waals surface area (Å²) in [4.78, 5) is 2.47. The second-order valence-corrected chi connectivity index (χ2v) is 6.36. The van der Waals surface area contributed by atoms with E-state index in [0.717, 1.165) is 51.9 Å². The molecule has 0 aliphatic heterocycles. The van der Waals surface area contributed by atoms with Crippen LogP contribution in [0.3, 0.4) is 0 Å². The topological polar surface area (TPSA) is 53.0 Å². The van der Waals surface area contributed by atoms with E-state index < -0.39 is 0 Å². The molecule has 1 aromatic carbocycles. The van der Waals surface area contributed by atoms with Gasteiger partial charge in [0, 0.05) is 6.54 Å². The molecule has 0 spiro atoms. The fourth-order valence-electron chi connectivity index (χ4n) is 2.38. The molecule has 0 atom stereocenters. The Labute approximate surface area is 129 Å². The molecule has 0 amide bonds. The maximum atomic E-state index is 9.04.